The average molecular weight is 385 g/mol. The Balaban J connectivity index is 1.84. The zero-order valence-corrected chi connectivity index (χ0v) is 17.6. The lowest BCUT2D eigenvalue weighted by Gasteiger charge is -2.39. The molecular weight excluding hydrogens is 353 g/mol. The van der Waals surface area contributed by atoms with Crippen molar-refractivity contribution in [1.82, 2.24) is 5.09 Å². The molecule has 3 nitrogen and oxygen atoms in total. The van der Waals surface area contributed by atoms with Crippen LogP contribution in [0, 0.1) is 17.8 Å². The van der Waals surface area contributed by atoms with Crippen LogP contribution in [-0.2, 0) is 15.6 Å². The fraction of sp³-hybridized carbons (Fsp3) is 0.478. The van der Waals surface area contributed by atoms with Crippen molar-refractivity contribution < 1.29 is 9.09 Å². The normalized spacial score (nSPS) is 25.3. The number of hydrogen-bond donors (Lipinski definition) is 1. The minimum atomic E-state index is -3.16. The summed E-state index contributed by atoms with van der Waals surface area (Å²) >= 11 is 0. The molecule has 0 saturated heterocycles. The first-order valence-electron chi connectivity index (χ1n) is 10.1. The highest BCUT2D eigenvalue weighted by atomic mass is 31.2. The summed E-state index contributed by atoms with van der Waals surface area (Å²) in [5, 5.41) is 4.04. The SMILES string of the molecule is CC(C)[C@@H]1CC[C@@H](C)C[C@H]1O[P@@](=O)(NCc1ccccc1)c1ccccc1. The fourth-order valence-electron chi connectivity index (χ4n) is 4.03. The smallest absolute Gasteiger partial charge is 0.300 e. The lowest BCUT2D eigenvalue weighted by molar-refractivity contribution is 0.0483. The van der Waals surface area contributed by atoms with E-state index in [2.05, 4.69) is 25.9 Å². The van der Waals surface area contributed by atoms with Crippen LogP contribution in [0.25, 0.3) is 0 Å². The Morgan fingerprint density at radius 1 is 1.04 bits per heavy atom. The minimum Gasteiger partial charge on any atom is -0.311 e. The molecule has 2 aromatic rings. The van der Waals surface area contributed by atoms with E-state index < -0.39 is 7.52 Å². The van der Waals surface area contributed by atoms with E-state index in [1.165, 1.54) is 6.42 Å². The molecule has 4 atom stereocenters. The van der Waals surface area contributed by atoms with Crippen LogP contribution in [0.15, 0.2) is 60.7 Å². The second-order valence-corrected chi connectivity index (χ2v) is 10.3. The van der Waals surface area contributed by atoms with E-state index in [0.717, 1.165) is 23.7 Å². The van der Waals surface area contributed by atoms with Gasteiger partial charge in [-0.1, -0.05) is 75.7 Å². The van der Waals surface area contributed by atoms with Gasteiger partial charge in [0.05, 0.1) is 11.4 Å². The highest BCUT2D eigenvalue weighted by molar-refractivity contribution is 7.65. The molecule has 146 valence electrons. The summed E-state index contributed by atoms with van der Waals surface area (Å²) in [6, 6.07) is 19.7. The van der Waals surface area contributed by atoms with Crippen LogP contribution in [0.4, 0.5) is 0 Å². The molecular formula is C23H32NO2P. The Bertz CT molecular complexity index is 747. The first-order chi connectivity index (χ1) is 13.0. The molecule has 0 unspecified atom stereocenters. The third-order valence-electron chi connectivity index (χ3n) is 5.68. The van der Waals surface area contributed by atoms with Crippen LogP contribution in [0.2, 0.25) is 0 Å². The van der Waals surface area contributed by atoms with E-state index >= 15 is 0 Å². The molecule has 3 rings (SSSR count). The van der Waals surface area contributed by atoms with Gasteiger partial charge in [0, 0.05) is 6.54 Å². The standard InChI is InChI=1S/C23H32NO2P/c1-18(2)22-15-14-19(3)16-23(22)26-27(25,21-12-8-5-9-13-21)24-17-20-10-6-4-7-11-20/h4-13,18-19,22-23H,14-17H2,1-3H3,(H,24,25)/t19-,22+,23-,27-/m1/s1. The van der Waals surface area contributed by atoms with Gasteiger partial charge in [-0.25, -0.2) is 5.09 Å². The lowest BCUT2D eigenvalue weighted by Crippen LogP contribution is -2.36. The third-order valence-corrected chi connectivity index (χ3v) is 7.80. The average Bonchev–Trinajstić information content (AvgIpc) is 2.68. The Kier molecular flexibility index (Phi) is 6.92. The molecule has 0 amide bonds. The highest BCUT2D eigenvalue weighted by Gasteiger charge is 2.37. The van der Waals surface area contributed by atoms with E-state index in [-0.39, 0.29) is 6.10 Å². The molecule has 0 radical (unpaired) electrons. The van der Waals surface area contributed by atoms with Gasteiger partial charge in [0.2, 0.25) is 0 Å². The first kappa shape index (κ1) is 20.3. The topological polar surface area (TPSA) is 38.3 Å². The second-order valence-electron chi connectivity index (χ2n) is 8.18. The van der Waals surface area contributed by atoms with E-state index in [0.29, 0.717) is 24.3 Å². The number of hydrogen-bond acceptors (Lipinski definition) is 2. The lowest BCUT2D eigenvalue weighted by atomic mass is 9.75. The molecule has 1 fully saturated rings. The fourth-order valence-corrected chi connectivity index (χ4v) is 5.99. The number of rotatable bonds is 7. The zero-order valence-electron chi connectivity index (χ0n) is 16.7. The van der Waals surface area contributed by atoms with Crippen LogP contribution in [0.3, 0.4) is 0 Å². The largest absolute Gasteiger partial charge is 0.311 e. The molecule has 0 aromatic heterocycles. The molecule has 0 bridgehead atoms. The molecule has 2 aromatic carbocycles. The van der Waals surface area contributed by atoms with Crippen LogP contribution in [-0.4, -0.2) is 6.10 Å². The molecule has 1 N–H and O–H groups in total. The van der Waals surface area contributed by atoms with Gasteiger partial charge in [0.1, 0.15) is 0 Å². The van der Waals surface area contributed by atoms with Crippen molar-refractivity contribution >= 4 is 12.8 Å². The predicted molar refractivity (Wildman–Crippen MR) is 113 cm³/mol. The molecule has 1 aliphatic rings. The summed E-state index contributed by atoms with van der Waals surface area (Å²) in [6.45, 7) is 7.31. The molecule has 27 heavy (non-hydrogen) atoms. The van der Waals surface area contributed by atoms with Gasteiger partial charge in [0.25, 0.3) is 7.52 Å². The minimum absolute atomic E-state index is 0.0306. The maximum Gasteiger partial charge on any atom is 0.300 e. The van der Waals surface area contributed by atoms with E-state index in [1.807, 2.05) is 60.7 Å². The summed E-state index contributed by atoms with van der Waals surface area (Å²) in [5.74, 6) is 1.60. The van der Waals surface area contributed by atoms with Crippen molar-refractivity contribution in [3.8, 4) is 0 Å². The summed E-state index contributed by atoms with van der Waals surface area (Å²) in [7, 11) is -3.16. The second kappa shape index (κ2) is 9.19. The maximum atomic E-state index is 14.0. The Labute approximate surface area is 164 Å². The van der Waals surface area contributed by atoms with Crippen LogP contribution in [0.5, 0.6) is 0 Å². The molecule has 4 heteroatoms. The first-order valence-corrected chi connectivity index (χ1v) is 11.7. The van der Waals surface area contributed by atoms with Crippen molar-refractivity contribution in [2.45, 2.75) is 52.7 Å². The van der Waals surface area contributed by atoms with Crippen LogP contribution < -0.4 is 10.4 Å². The Morgan fingerprint density at radius 3 is 2.30 bits per heavy atom. The summed E-state index contributed by atoms with van der Waals surface area (Å²) in [6.07, 6.45) is 3.39. The zero-order chi connectivity index (χ0) is 19.3. The van der Waals surface area contributed by atoms with Gasteiger partial charge in [-0.3, -0.25) is 4.57 Å². The van der Waals surface area contributed by atoms with Crippen molar-refractivity contribution in [3.63, 3.8) is 0 Å². The Hall–Kier alpha value is -1.41. The predicted octanol–water partition coefficient (Wildman–Crippen LogP) is 5.77. The van der Waals surface area contributed by atoms with E-state index in [9.17, 15) is 4.57 Å². The van der Waals surface area contributed by atoms with Gasteiger partial charge >= 0.3 is 0 Å². The summed E-state index contributed by atoms with van der Waals surface area (Å²) < 4.78 is 20.5. The van der Waals surface area contributed by atoms with Crippen molar-refractivity contribution in [2.24, 2.45) is 17.8 Å². The van der Waals surface area contributed by atoms with E-state index in [4.69, 9.17) is 4.52 Å². The van der Waals surface area contributed by atoms with Gasteiger partial charge in [-0.2, -0.15) is 0 Å². The van der Waals surface area contributed by atoms with E-state index in [1.54, 1.807) is 0 Å². The number of benzene rings is 2. The third kappa shape index (κ3) is 5.31. The van der Waals surface area contributed by atoms with Gasteiger partial charge in [0.15, 0.2) is 0 Å². The summed E-state index contributed by atoms with van der Waals surface area (Å²) in [5.41, 5.74) is 1.11. The van der Waals surface area contributed by atoms with Gasteiger partial charge in [-0.05, 0) is 48.3 Å². The maximum absolute atomic E-state index is 14.0. The van der Waals surface area contributed by atoms with Gasteiger partial charge < -0.3 is 4.52 Å². The molecule has 0 spiro atoms. The van der Waals surface area contributed by atoms with Crippen LogP contribution >= 0.6 is 7.52 Å². The Morgan fingerprint density at radius 2 is 1.67 bits per heavy atom. The molecule has 0 aliphatic heterocycles. The van der Waals surface area contributed by atoms with Crippen LogP contribution in [0.1, 0.15) is 45.6 Å². The monoisotopic (exact) mass is 385 g/mol. The van der Waals surface area contributed by atoms with Crippen molar-refractivity contribution in [1.29, 1.82) is 0 Å². The highest BCUT2D eigenvalue weighted by Crippen LogP contribution is 2.48. The number of nitrogens with one attached hydrogen (secondary N) is 1. The molecule has 1 aliphatic carbocycles. The van der Waals surface area contributed by atoms with Crippen molar-refractivity contribution in [2.75, 3.05) is 0 Å². The molecule has 0 heterocycles. The summed E-state index contributed by atoms with van der Waals surface area (Å²) in [4.78, 5) is 0. The van der Waals surface area contributed by atoms with Gasteiger partial charge in [-0.15, -0.1) is 0 Å². The molecule has 1 saturated carbocycles. The van der Waals surface area contributed by atoms with Crippen molar-refractivity contribution in [3.05, 3.63) is 66.2 Å². The quantitative estimate of drug-likeness (QED) is 0.615.